The summed E-state index contributed by atoms with van der Waals surface area (Å²) in [4.78, 5) is 14.5. The van der Waals surface area contributed by atoms with E-state index in [9.17, 15) is 4.79 Å². The molecule has 0 unspecified atom stereocenters. The molecule has 1 aliphatic rings. The van der Waals surface area contributed by atoms with Crippen LogP contribution in [0.15, 0.2) is 35.8 Å². The molecule has 1 aromatic heterocycles. The number of nitrogens with zero attached hydrogens (tertiary/aromatic N) is 3. The Balaban J connectivity index is 1.64. The van der Waals surface area contributed by atoms with Gasteiger partial charge in [0.2, 0.25) is 11.0 Å². The van der Waals surface area contributed by atoms with Gasteiger partial charge in [0, 0.05) is 6.54 Å². The van der Waals surface area contributed by atoms with Crippen molar-refractivity contribution in [3.8, 4) is 0 Å². The Kier molecular flexibility index (Phi) is 4.03. The van der Waals surface area contributed by atoms with Crippen LogP contribution in [0, 0.1) is 0 Å². The lowest BCUT2D eigenvalue weighted by Gasteiger charge is -2.23. The van der Waals surface area contributed by atoms with Crippen LogP contribution < -0.4 is 5.32 Å². The highest BCUT2D eigenvalue weighted by Gasteiger charge is 2.30. The fourth-order valence-electron chi connectivity index (χ4n) is 2.55. The molecule has 0 saturated carbocycles. The second-order valence-electron chi connectivity index (χ2n) is 4.85. The van der Waals surface area contributed by atoms with Gasteiger partial charge in [0.25, 0.3) is 0 Å². The van der Waals surface area contributed by atoms with Gasteiger partial charge in [0.15, 0.2) is 0 Å². The van der Waals surface area contributed by atoms with Crippen LogP contribution in [0.1, 0.15) is 18.4 Å². The van der Waals surface area contributed by atoms with Crippen LogP contribution >= 0.6 is 11.3 Å². The smallest absolute Gasteiger partial charge is 0.243 e. The molecule has 2 heterocycles. The molecule has 2 aromatic rings. The van der Waals surface area contributed by atoms with Crippen molar-refractivity contribution in [2.24, 2.45) is 0 Å². The number of benzene rings is 1. The molecule has 0 bridgehead atoms. The number of nitrogens with one attached hydrogen (secondary N) is 1. The Morgan fingerprint density at radius 3 is 3.00 bits per heavy atom. The molecule has 3 rings (SSSR count). The monoisotopic (exact) mass is 288 g/mol. The average molecular weight is 288 g/mol. The molecule has 1 saturated heterocycles. The molecule has 0 aliphatic carbocycles. The van der Waals surface area contributed by atoms with Gasteiger partial charge in [0.05, 0.1) is 6.04 Å². The summed E-state index contributed by atoms with van der Waals surface area (Å²) < 4.78 is 0. The number of likely N-dealkylation sites (tertiary alicyclic amines) is 1. The van der Waals surface area contributed by atoms with E-state index in [1.54, 1.807) is 5.51 Å². The molecular formula is C14H16N4OS. The number of hydrogen-bond acceptors (Lipinski definition) is 5. The van der Waals surface area contributed by atoms with E-state index in [-0.39, 0.29) is 11.9 Å². The number of aromatic nitrogens is 2. The van der Waals surface area contributed by atoms with E-state index < -0.39 is 0 Å². The largest absolute Gasteiger partial charge is 0.299 e. The van der Waals surface area contributed by atoms with E-state index in [0.29, 0.717) is 5.13 Å². The van der Waals surface area contributed by atoms with Crippen LogP contribution in [-0.2, 0) is 11.3 Å². The van der Waals surface area contributed by atoms with Crippen molar-refractivity contribution < 1.29 is 4.79 Å². The quantitative estimate of drug-likeness (QED) is 0.936. The molecule has 20 heavy (non-hydrogen) atoms. The van der Waals surface area contributed by atoms with Gasteiger partial charge in [-0.25, -0.2) is 0 Å². The Hall–Kier alpha value is -1.79. The van der Waals surface area contributed by atoms with Gasteiger partial charge in [0.1, 0.15) is 5.51 Å². The molecular weight excluding hydrogens is 272 g/mol. The van der Waals surface area contributed by atoms with Crippen molar-refractivity contribution in [3.63, 3.8) is 0 Å². The first-order valence-corrected chi connectivity index (χ1v) is 7.56. The zero-order valence-corrected chi connectivity index (χ0v) is 11.8. The first-order valence-electron chi connectivity index (χ1n) is 6.68. The molecule has 5 nitrogen and oxygen atoms in total. The van der Waals surface area contributed by atoms with E-state index in [1.807, 2.05) is 18.2 Å². The third kappa shape index (κ3) is 3.02. The van der Waals surface area contributed by atoms with Crippen molar-refractivity contribution in [3.05, 3.63) is 41.4 Å². The van der Waals surface area contributed by atoms with Gasteiger partial charge in [-0.2, -0.15) is 0 Å². The normalized spacial score (nSPS) is 19.1. The maximum absolute atomic E-state index is 12.3. The first kappa shape index (κ1) is 13.2. The molecule has 1 fully saturated rings. The summed E-state index contributed by atoms with van der Waals surface area (Å²) in [5.74, 6) is 0.0233. The molecule has 1 aliphatic heterocycles. The average Bonchev–Trinajstić information content (AvgIpc) is 3.11. The molecule has 0 spiro atoms. The maximum Gasteiger partial charge on any atom is 0.243 e. The number of carbonyl (C=O) groups is 1. The Bertz CT molecular complexity index is 558. The van der Waals surface area contributed by atoms with Gasteiger partial charge in [-0.05, 0) is 24.9 Å². The van der Waals surface area contributed by atoms with Crippen molar-refractivity contribution in [2.45, 2.75) is 25.4 Å². The van der Waals surface area contributed by atoms with Crippen LogP contribution in [0.4, 0.5) is 5.13 Å². The fraction of sp³-hybridized carbons (Fsp3) is 0.357. The first-order chi connectivity index (χ1) is 9.83. The minimum atomic E-state index is -0.0703. The molecule has 0 radical (unpaired) electrons. The lowest BCUT2D eigenvalue weighted by atomic mass is 10.1. The van der Waals surface area contributed by atoms with Gasteiger partial charge >= 0.3 is 0 Å². The molecule has 1 atom stereocenters. The third-order valence-corrected chi connectivity index (χ3v) is 4.09. The standard InChI is InChI=1S/C14H16N4OS/c19-13(16-14-17-15-10-20-14)12-7-4-8-18(12)9-11-5-2-1-3-6-11/h1-3,5-6,10,12H,4,7-9H2,(H,16,17,19)/t12-/m0/s1. The van der Waals surface area contributed by atoms with Crippen LogP contribution in [0.5, 0.6) is 0 Å². The van der Waals surface area contributed by atoms with E-state index in [0.717, 1.165) is 25.9 Å². The molecule has 1 N–H and O–H groups in total. The summed E-state index contributed by atoms with van der Waals surface area (Å²) in [6.45, 7) is 1.78. The van der Waals surface area contributed by atoms with Crippen LogP contribution in [-0.4, -0.2) is 33.6 Å². The van der Waals surface area contributed by atoms with Crippen molar-refractivity contribution >= 4 is 22.4 Å². The molecule has 1 aromatic carbocycles. The van der Waals surface area contributed by atoms with E-state index >= 15 is 0 Å². The van der Waals surface area contributed by atoms with Gasteiger partial charge in [-0.3, -0.25) is 15.0 Å². The second kappa shape index (κ2) is 6.11. The third-order valence-electron chi connectivity index (χ3n) is 3.48. The van der Waals surface area contributed by atoms with E-state index in [2.05, 4.69) is 32.5 Å². The van der Waals surface area contributed by atoms with Gasteiger partial charge in [-0.1, -0.05) is 41.7 Å². The number of hydrogen-bond donors (Lipinski definition) is 1. The fourth-order valence-corrected chi connectivity index (χ4v) is 2.99. The van der Waals surface area contributed by atoms with Crippen molar-refractivity contribution in [2.75, 3.05) is 11.9 Å². The number of carbonyl (C=O) groups excluding carboxylic acids is 1. The maximum atomic E-state index is 12.3. The molecule has 1 amide bonds. The van der Waals surface area contributed by atoms with Crippen LogP contribution in [0.2, 0.25) is 0 Å². The van der Waals surface area contributed by atoms with Crippen LogP contribution in [0.25, 0.3) is 0 Å². The zero-order chi connectivity index (χ0) is 13.8. The topological polar surface area (TPSA) is 58.1 Å². The Morgan fingerprint density at radius 2 is 2.25 bits per heavy atom. The number of amides is 1. The van der Waals surface area contributed by atoms with Gasteiger partial charge in [-0.15, -0.1) is 10.2 Å². The molecule has 6 heteroatoms. The van der Waals surface area contributed by atoms with E-state index in [1.165, 1.54) is 16.9 Å². The highest BCUT2D eigenvalue weighted by Crippen LogP contribution is 2.21. The van der Waals surface area contributed by atoms with E-state index in [4.69, 9.17) is 0 Å². The molecule has 104 valence electrons. The summed E-state index contributed by atoms with van der Waals surface area (Å²) >= 11 is 1.34. The van der Waals surface area contributed by atoms with Gasteiger partial charge < -0.3 is 0 Å². The predicted molar refractivity (Wildman–Crippen MR) is 78.4 cm³/mol. The Labute approximate surface area is 121 Å². The summed E-state index contributed by atoms with van der Waals surface area (Å²) in [6.07, 6.45) is 1.96. The van der Waals surface area contributed by atoms with Crippen molar-refractivity contribution in [1.82, 2.24) is 15.1 Å². The highest BCUT2D eigenvalue weighted by atomic mass is 32.1. The summed E-state index contributed by atoms with van der Waals surface area (Å²) in [5.41, 5.74) is 2.86. The number of rotatable bonds is 4. The predicted octanol–water partition coefficient (Wildman–Crippen LogP) is 2.14. The zero-order valence-electron chi connectivity index (χ0n) is 11.0. The summed E-state index contributed by atoms with van der Waals surface area (Å²) in [6, 6.07) is 10.2. The number of anilines is 1. The second-order valence-corrected chi connectivity index (χ2v) is 5.68. The SMILES string of the molecule is O=C(Nc1nncs1)[C@@H]1CCCN1Cc1ccccc1. The van der Waals surface area contributed by atoms with Crippen LogP contribution in [0.3, 0.4) is 0 Å². The summed E-state index contributed by atoms with van der Waals surface area (Å²) in [7, 11) is 0. The highest BCUT2D eigenvalue weighted by molar-refractivity contribution is 7.13. The minimum absolute atomic E-state index is 0.0233. The lowest BCUT2D eigenvalue weighted by molar-refractivity contribution is -0.120. The Morgan fingerprint density at radius 1 is 1.40 bits per heavy atom. The minimum Gasteiger partial charge on any atom is -0.299 e. The summed E-state index contributed by atoms with van der Waals surface area (Å²) in [5, 5.41) is 11.0. The lowest BCUT2D eigenvalue weighted by Crippen LogP contribution is -2.39. The van der Waals surface area contributed by atoms with Crippen molar-refractivity contribution in [1.29, 1.82) is 0 Å².